The summed E-state index contributed by atoms with van der Waals surface area (Å²) in [6.45, 7) is 4.53. The van der Waals surface area contributed by atoms with Crippen LogP contribution in [0.4, 0.5) is 0 Å². The van der Waals surface area contributed by atoms with Gasteiger partial charge in [-0.1, -0.05) is 108 Å². The molecule has 0 bridgehead atoms. The Morgan fingerprint density at radius 3 is 1.69 bits per heavy atom. The Labute approximate surface area is 293 Å². The Balaban J connectivity index is 4.49. The lowest BCUT2D eigenvalue weighted by atomic mass is 10.1. The van der Waals surface area contributed by atoms with Gasteiger partial charge in [-0.05, 0) is 57.8 Å². The number of hydrogen-bond donors (Lipinski definition) is 0. The molecule has 0 aromatic carbocycles. The molecule has 0 aliphatic carbocycles. The minimum absolute atomic E-state index is 0.0254. The molecule has 0 fully saturated rings. The first-order valence-electron chi connectivity index (χ1n) is 19.0. The number of carboxylic acid groups (broad SMARTS) is 1. The first-order chi connectivity index (χ1) is 23.1. The smallest absolute Gasteiger partial charge is 0.306 e. The van der Waals surface area contributed by atoms with E-state index in [9.17, 15) is 19.5 Å². The molecule has 0 saturated carbocycles. The van der Waals surface area contributed by atoms with Gasteiger partial charge in [0.05, 0.1) is 40.3 Å². The predicted octanol–water partition coefficient (Wildman–Crippen LogP) is 8.18. The van der Waals surface area contributed by atoms with E-state index < -0.39 is 18.1 Å². The van der Waals surface area contributed by atoms with Crippen molar-refractivity contribution < 1.29 is 38.2 Å². The largest absolute Gasteiger partial charge is 0.544 e. The predicted molar refractivity (Wildman–Crippen MR) is 194 cm³/mol. The molecule has 0 rings (SSSR count). The maximum absolute atomic E-state index is 12.6. The number of quaternary nitrogens is 1. The summed E-state index contributed by atoms with van der Waals surface area (Å²) in [5, 5.41) is 11.6. The van der Waals surface area contributed by atoms with Crippen LogP contribution in [0.5, 0.6) is 0 Å². The van der Waals surface area contributed by atoms with Crippen molar-refractivity contribution in [1.82, 2.24) is 0 Å². The molecule has 2 unspecified atom stereocenters. The highest BCUT2D eigenvalue weighted by Crippen LogP contribution is 2.12. The van der Waals surface area contributed by atoms with Crippen LogP contribution < -0.4 is 5.11 Å². The van der Waals surface area contributed by atoms with Gasteiger partial charge in [0.1, 0.15) is 12.6 Å². The van der Waals surface area contributed by atoms with Gasteiger partial charge in [0.25, 0.3) is 0 Å². The summed E-state index contributed by atoms with van der Waals surface area (Å²) >= 11 is 0. The van der Waals surface area contributed by atoms with Crippen molar-refractivity contribution in [2.45, 2.75) is 161 Å². The second-order valence-corrected chi connectivity index (χ2v) is 13.8. The molecule has 8 nitrogen and oxygen atoms in total. The van der Waals surface area contributed by atoms with E-state index in [1.54, 1.807) is 21.1 Å². The second kappa shape index (κ2) is 31.8. The molecule has 48 heavy (non-hydrogen) atoms. The summed E-state index contributed by atoms with van der Waals surface area (Å²) in [6.07, 6.45) is 33.1. The molecule has 8 heteroatoms. The fourth-order valence-corrected chi connectivity index (χ4v) is 5.22. The highest BCUT2D eigenvalue weighted by molar-refractivity contribution is 5.70. The van der Waals surface area contributed by atoms with E-state index in [1.807, 2.05) is 0 Å². The lowest BCUT2D eigenvalue weighted by Gasteiger charge is -2.34. The quantitative estimate of drug-likeness (QED) is 0.0227. The fraction of sp³-hybridized carbons (Fsp3) is 0.775. The average Bonchev–Trinajstić information content (AvgIpc) is 3.03. The van der Waals surface area contributed by atoms with E-state index >= 15 is 0 Å². The van der Waals surface area contributed by atoms with Gasteiger partial charge < -0.3 is 28.6 Å². The zero-order valence-electron chi connectivity index (χ0n) is 31.4. The molecule has 278 valence electrons. The number of nitrogens with zero attached hydrogens (tertiary/aromatic N) is 1. The van der Waals surface area contributed by atoms with Crippen LogP contribution in [0.2, 0.25) is 0 Å². The molecule has 0 spiro atoms. The number of unbranched alkanes of at least 4 members (excludes halogenated alkanes) is 14. The topological polar surface area (TPSA) is 102 Å². The summed E-state index contributed by atoms with van der Waals surface area (Å²) < 4.78 is 17.0. The van der Waals surface area contributed by atoms with Crippen molar-refractivity contribution in [3.05, 3.63) is 36.5 Å². The third kappa shape index (κ3) is 29.7. The lowest BCUT2D eigenvalue weighted by molar-refractivity contribution is -0.889. The first-order valence-corrected chi connectivity index (χ1v) is 19.0. The van der Waals surface area contributed by atoms with Gasteiger partial charge in [-0.25, -0.2) is 0 Å². The number of carbonyl (C=O) groups is 3. The van der Waals surface area contributed by atoms with E-state index in [2.05, 4.69) is 50.3 Å². The molecule has 0 aliphatic rings. The van der Waals surface area contributed by atoms with Crippen molar-refractivity contribution in [1.29, 1.82) is 0 Å². The standard InChI is InChI=1S/C40H71NO7/c1-6-8-10-12-14-16-18-19-21-22-24-26-28-30-38(42)47-35-36(34-46-33-32-37(40(44)45)41(3,4)5)48-39(43)31-29-27-25-23-20-17-15-13-11-9-7-2/h13,15,17,19-21,36-37H,6-12,14,16,18,22-35H2,1-5H3/b15-13+,20-17+,21-19+. The first kappa shape index (κ1) is 45.6. The maximum atomic E-state index is 12.6. The molecule has 0 heterocycles. The number of carboxylic acids is 1. The Hall–Kier alpha value is -2.45. The lowest BCUT2D eigenvalue weighted by Crippen LogP contribution is -2.55. The number of carbonyl (C=O) groups excluding carboxylic acids is 3. The minimum atomic E-state index is -1.13. The molecule has 0 amide bonds. The van der Waals surface area contributed by atoms with E-state index in [-0.39, 0.29) is 49.1 Å². The number of ether oxygens (including phenoxy) is 3. The molecular weight excluding hydrogens is 606 g/mol. The fourth-order valence-electron chi connectivity index (χ4n) is 5.22. The minimum Gasteiger partial charge on any atom is -0.544 e. The van der Waals surface area contributed by atoms with Crippen molar-refractivity contribution in [2.24, 2.45) is 0 Å². The number of aliphatic carboxylic acids is 1. The van der Waals surface area contributed by atoms with Crippen molar-refractivity contribution in [2.75, 3.05) is 41.0 Å². The Morgan fingerprint density at radius 1 is 0.625 bits per heavy atom. The molecule has 0 aromatic rings. The van der Waals surface area contributed by atoms with E-state index in [0.717, 1.165) is 64.2 Å². The highest BCUT2D eigenvalue weighted by atomic mass is 16.6. The summed E-state index contributed by atoms with van der Waals surface area (Å²) in [5.74, 6) is -1.80. The van der Waals surface area contributed by atoms with Gasteiger partial charge in [-0.3, -0.25) is 9.59 Å². The maximum Gasteiger partial charge on any atom is 0.306 e. The molecule has 2 atom stereocenters. The van der Waals surface area contributed by atoms with Crippen LogP contribution in [0.3, 0.4) is 0 Å². The number of hydrogen-bond acceptors (Lipinski definition) is 7. The summed E-state index contributed by atoms with van der Waals surface area (Å²) in [6, 6.07) is -0.730. The second-order valence-electron chi connectivity index (χ2n) is 13.8. The van der Waals surface area contributed by atoms with Gasteiger partial charge in [0.2, 0.25) is 0 Å². The third-order valence-electron chi connectivity index (χ3n) is 8.28. The average molecular weight is 678 g/mol. The number of esters is 2. The Morgan fingerprint density at radius 2 is 1.12 bits per heavy atom. The molecule has 0 aliphatic heterocycles. The van der Waals surface area contributed by atoms with Gasteiger partial charge >= 0.3 is 11.9 Å². The normalized spacial score (nSPS) is 13.4. The Kier molecular flexibility index (Phi) is 30.2. The van der Waals surface area contributed by atoms with Crippen LogP contribution in [0, 0.1) is 0 Å². The Bertz CT molecular complexity index is 891. The van der Waals surface area contributed by atoms with Crippen LogP contribution in [0.1, 0.15) is 149 Å². The van der Waals surface area contributed by atoms with Crippen molar-refractivity contribution in [3.63, 3.8) is 0 Å². The van der Waals surface area contributed by atoms with Crippen molar-refractivity contribution in [3.8, 4) is 0 Å². The number of allylic oxidation sites excluding steroid dienone is 6. The molecule has 0 N–H and O–H groups in total. The van der Waals surface area contributed by atoms with Crippen molar-refractivity contribution >= 4 is 17.9 Å². The highest BCUT2D eigenvalue weighted by Gasteiger charge is 2.25. The molecule has 0 aromatic heterocycles. The third-order valence-corrected chi connectivity index (χ3v) is 8.28. The van der Waals surface area contributed by atoms with Gasteiger partial charge in [-0.15, -0.1) is 0 Å². The van der Waals surface area contributed by atoms with Gasteiger partial charge in [0, 0.05) is 19.3 Å². The van der Waals surface area contributed by atoms with E-state index in [0.29, 0.717) is 6.42 Å². The van der Waals surface area contributed by atoms with Crippen LogP contribution in [-0.4, -0.2) is 75.5 Å². The van der Waals surface area contributed by atoms with Crippen LogP contribution in [0.15, 0.2) is 36.5 Å². The van der Waals surface area contributed by atoms with Crippen LogP contribution in [-0.2, 0) is 28.6 Å². The summed E-state index contributed by atoms with van der Waals surface area (Å²) in [5.41, 5.74) is 0. The van der Waals surface area contributed by atoms with Crippen LogP contribution in [0.25, 0.3) is 0 Å². The van der Waals surface area contributed by atoms with Gasteiger partial charge in [0.15, 0.2) is 6.10 Å². The molecule has 0 radical (unpaired) electrons. The van der Waals surface area contributed by atoms with Gasteiger partial charge in [-0.2, -0.15) is 0 Å². The molecular formula is C40H71NO7. The van der Waals surface area contributed by atoms with Crippen LogP contribution >= 0.6 is 0 Å². The monoisotopic (exact) mass is 678 g/mol. The van der Waals surface area contributed by atoms with E-state index in [1.165, 1.54) is 51.4 Å². The number of rotatable bonds is 33. The zero-order chi connectivity index (χ0) is 35.7. The zero-order valence-corrected chi connectivity index (χ0v) is 31.4. The number of likely N-dealkylation sites (N-methyl/N-ethyl adjacent to an activating group) is 1. The van der Waals surface area contributed by atoms with E-state index in [4.69, 9.17) is 14.2 Å². The summed E-state index contributed by atoms with van der Waals surface area (Å²) in [4.78, 5) is 36.6. The summed E-state index contributed by atoms with van der Waals surface area (Å²) in [7, 11) is 5.38. The molecule has 0 saturated heterocycles. The SMILES string of the molecule is CCCC/C=C/C=C/CCCCCC(=O)OC(COCCC(C(=O)[O-])[N+](C)(C)C)COC(=O)CCCCC/C=C/CCCCCCCC.